The van der Waals surface area contributed by atoms with E-state index in [-0.39, 0.29) is 42.3 Å². The molecule has 2 rings (SSSR count). The van der Waals surface area contributed by atoms with Crippen LogP contribution in [0.15, 0.2) is 18.2 Å². The average Bonchev–Trinajstić information content (AvgIpc) is 2.93. The molecule has 0 saturated carbocycles. The van der Waals surface area contributed by atoms with Crippen LogP contribution in [0, 0.1) is 0 Å². The zero-order valence-electron chi connectivity index (χ0n) is 15.7. The van der Waals surface area contributed by atoms with Crippen LogP contribution in [0.2, 0.25) is 0 Å². The predicted molar refractivity (Wildman–Crippen MR) is 103 cm³/mol. The van der Waals surface area contributed by atoms with Crippen molar-refractivity contribution in [2.24, 2.45) is 0 Å². The first-order valence-corrected chi connectivity index (χ1v) is 11.0. The lowest BCUT2D eigenvalue weighted by molar-refractivity contribution is -0.121. The molecule has 6 nitrogen and oxygen atoms in total. The molecule has 1 aromatic carbocycles. The van der Waals surface area contributed by atoms with Crippen LogP contribution in [0.3, 0.4) is 0 Å². The number of carbonyl (C=O) groups excluding carboxylic acids is 2. The highest BCUT2D eigenvalue weighted by Gasteiger charge is 2.29. The van der Waals surface area contributed by atoms with E-state index >= 15 is 0 Å². The maximum atomic E-state index is 12.2. The van der Waals surface area contributed by atoms with Crippen LogP contribution in [0.1, 0.15) is 44.7 Å². The highest BCUT2D eigenvalue weighted by molar-refractivity contribution is 7.91. The molecular weight excluding hydrogens is 352 g/mol. The van der Waals surface area contributed by atoms with Crippen molar-refractivity contribution < 1.29 is 18.0 Å². The second kappa shape index (κ2) is 8.66. The molecule has 0 bridgehead atoms. The Morgan fingerprint density at radius 2 is 1.81 bits per heavy atom. The fourth-order valence-electron chi connectivity index (χ4n) is 3.41. The monoisotopic (exact) mass is 380 g/mol. The number of amides is 2. The fraction of sp³-hybridized carbons (Fsp3) is 0.579. The van der Waals surface area contributed by atoms with E-state index in [9.17, 15) is 18.0 Å². The summed E-state index contributed by atoms with van der Waals surface area (Å²) < 4.78 is 23.0. The Labute approximate surface area is 155 Å². The van der Waals surface area contributed by atoms with Crippen LogP contribution in [0.4, 0.5) is 5.69 Å². The number of para-hydroxylation sites is 1. The van der Waals surface area contributed by atoms with E-state index in [0.29, 0.717) is 6.42 Å². The van der Waals surface area contributed by atoms with Gasteiger partial charge in [0.1, 0.15) is 0 Å². The summed E-state index contributed by atoms with van der Waals surface area (Å²) in [5.41, 5.74) is 3.07. The van der Waals surface area contributed by atoms with Crippen LogP contribution < -0.4 is 10.2 Å². The maximum Gasteiger partial charge on any atom is 0.223 e. The summed E-state index contributed by atoms with van der Waals surface area (Å²) in [4.78, 5) is 26.1. The van der Waals surface area contributed by atoms with Crippen LogP contribution in [-0.2, 0) is 32.3 Å². The molecule has 1 aromatic rings. The molecule has 1 N–H and O–H groups in total. The number of nitrogens with zero attached hydrogens (tertiary/aromatic N) is 1. The van der Waals surface area contributed by atoms with Crippen LogP contribution >= 0.6 is 0 Å². The molecule has 26 heavy (non-hydrogen) atoms. The van der Waals surface area contributed by atoms with E-state index in [1.54, 1.807) is 4.90 Å². The van der Waals surface area contributed by atoms with E-state index < -0.39 is 9.84 Å². The van der Waals surface area contributed by atoms with Gasteiger partial charge >= 0.3 is 0 Å². The fourth-order valence-corrected chi connectivity index (χ4v) is 5.08. The number of sulfone groups is 1. The summed E-state index contributed by atoms with van der Waals surface area (Å²) in [5, 5.41) is 2.78. The third kappa shape index (κ3) is 5.06. The van der Waals surface area contributed by atoms with Crippen molar-refractivity contribution in [3.8, 4) is 0 Å². The number of benzene rings is 1. The first-order chi connectivity index (χ1) is 12.3. The minimum atomic E-state index is -3.03. The summed E-state index contributed by atoms with van der Waals surface area (Å²) in [5.74, 6) is -0.183. The van der Waals surface area contributed by atoms with Crippen molar-refractivity contribution in [3.05, 3.63) is 29.3 Å². The minimum absolute atomic E-state index is 0.00775. The summed E-state index contributed by atoms with van der Waals surface area (Å²) in [7, 11) is -3.03. The van der Waals surface area contributed by atoms with Gasteiger partial charge in [0, 0.05) is 31.6 Å². The lowest BCUT2D eigenvalue weighted by Gasteiger charge is -2.26. The summed E-state index contributed by atoms with van der Waals surface area (Å²) in [6.45, 7) is 5.88. The molecule has 1 saturated heterocycles. The smallest absolute Gasteiger partial charge is 0.223 e. The molecular formula is C19H28N2O4S. The van der Waals surface area contributed by atoms with Gasteiger partial charge < -0.3 is 10.2 Å². The number of hydrogen-bond donors (Lipinski definition) is 1. The van der Waals surface area contributed by atoms with Crippen LogP contribution in [0.25, 0.3) is 0 Å². The standard InChI is InChI=1S/C19H28N2O4S/c1-4-15-7-6-8-16(5-2)19(15)21(14(3)22)11-9-18(23)20-17-10-12-26(24,25)13-17/h6-8,17H,4-5,9-13H2,1-3H3,(H,20,23). The molecule has 0 spiro atoms. The van der Waals surface area contributed by atoms with Gasteiger partial charge in [-0.05, 0) is 30.4 Å². The lowest BCUT2D eigenvalue weighted by atomic mass is 10.0. The molecule has 1 unspecified atom stereocenters. The van der Waals surface area contributed by atoms with E-state index in [1.165, 1.54) is 6.92 Å². The Hall–Kier alpha value is -1.89. The first-order valence-electron chi connectivity index (χ1n) is 9.16. The molecule has 144 valence electrons. The van der Waals surface area contributed by atoms with E-state index in [1.807, 2.05) is 32.0 Å². The van der Waals surface area contributed by atoms with E-state index in [0.717, 1.165) is 29.7 Å². The lowest BCUT2D eigenvalue weighted by Crippen LogP contribution is -2.39. The number of rotatable bonds is 7. The minimum Gasteiger partial charge on any atom is -0.352 e. The molecule has 0 radical (unpaired) electrons. The zero-order chi connectivity index (χ0) is 19.3. The van der Waals surface area contributed by atoms with Gasteiger partial charge in [-0.15, -0.1) is 0 Å². The molecule has 1 fully saturated rings. The van der Waals surface area contributed by atoms with Gasteiger partial charge in [0.25, 0.3) is 0 Å². The maximum absolute atomic E-state index is 12.2. The quantitative estimate of drug-likeness (QED) is 0.783. The van der Waals surface area contributed by atoms with Crippen LogP contribution in [0.5, 0.6) is 0 Å². The van der Waals surface area contributed by atoms with Crippen molar-refractivity contribution in [2.75, 3.05) is 23.0 Å². The third-order valence-corrected chi connectivity index (χ3v) is 6.54. The highest BCUT2D eigenvalue weighted by Crippen LogP contribution is 2.27. The van der Waals surface area contributed by atoms with Gasteiger partial charge in [0.2, 0.25) is 11.8 Å². The van der Waals surface area contributed by atoms with Gasteiger partial charge in [-0.3, -0.25) is 9.59 Å². The third-order valence-electron chi connectivity index (χ3n) is 4.77. The topological polar surface area (TPSA) is 83.6 Å². The molecule has 1 aliphatic heterocycles. The van der Waals surface area contributed by atoms with Crippen molar-refractivity contribution in [1.82, 2.24) is 5.32 Å². The van der Waals surface area contributed by atoms with Crippen molar-refractivity contribution in [2.45, 2.75) is 52.5 Å². The second-order valence-electron chi connectivity index (χ2n) is 6.72. The average molecular weight is 381 g/mol. The summed E-state index contributed by atoms with van der Waals surface area (Å²) in [6.07, 6.45) is 2.22. The van der Waals surface area contributed by atoms with E-state index in [2.05, 4.69) is 5.32 Å². The second-order valence-corrected chi connectivity index (χ2v) is 8.95. The predicted octanol–water partition coefficient (Wildman–Crippen LogP) is 1.86. The zero-order valence-corrected chi connectivity index (χ0v) is 16.6. The molecule has 7 heteroatoms. The molecule has 0 aromatic heterocycles. The highest BCUT2D eigenvalue weighted by atomic mass is 32.2. The van der Waals surface area contributed by atoms with Gasteiger partial charge in [-0.2, -0.15) is 0 Å². The Morgan fingerprint density at radius 1 is 1.19 bits per heavy atom. The van der Waals surface area contributed by atoms with Crippen molar-refractivity contribution >= 4 is 27.3 Å². The van der Waals surface area contributed by atoms with Gasteiger partial charge in [-0.1, -0.05) is 32.0 Å². The first kappa shape index (κ1) is 20.4. The largest absolute Gasteiger partial charge is 0.352 e. The molecule has 0 aliphatic carbocycles. The van der Waals surface area contributed by atoms with Gasteiger partial charge in [0.05, 0.1) is 11.5 Å². The molecule has 1 atom stereocenters. The SMILES string of the molecule is CCc1cccc(CC)c1N(CCC(=O)NC1CCS(=O)(=O)C1)C(C)=O. The molecule has 2 amide bonds. The number of hydrogen-bond acceptors (Lipinski definition) is 4. The van der Waals surface area contributed by atoms with E-state index in [4.69, 9.17) is 0 Å². The number of carbonyl (C=O) groups is 2. The van der Waals surface area contributed by atoms with Gasteiger partial charge in [0.15, 0.2) is 9.84 Å². The Balaban J connectivity index is 2.08. The normalized spacial score (nSPS) is 18.5. The Morgan fingerprint density at radius 3 is 2.27 bits per heavy atom. The number of aryl methyl sites for hydroxylation is 2. The summed E-state index contributed by atoms with van der Waals surface area (Å²) in [6, 6.07) is 5.70. The van der Waals surface area contributed by atoms with Gasteiger partial charge in [-0.25, -0.2) is 8.42 Å². The molecule has 1 aliphatic rings. The summed E-state index contributed by atoms with van der Waals surface area (Å²) >= 11 is 0. The number of nitrogens with one attached hydrogen (secondary N) is 1. The van der Waals surface area contributed by atoms with Crippen molar-refractivity contribution in [3.63, 3.8) is 0 Å². The van der Waals surface area contributed by atoms with Crippen LogP contribution in [-0.4, -0.2) is 44.3 Å². The molecule has 1 heterocycles. The Kier molecular flexibility index (Phi) is 6.81. The number of anilines is 1. The Bertz CT molecular complexity index is 751. The van der Waals surface area contributed by atoms with Crippen molar-refractivity contribution in [1.29, 1.82) is 0 Å².